The summed E-state index contributed by atoms with van der Waals surface area (Å²) in [4.78, 5) is 15.9. The van der Waals surface area contributed by atoms with Crippen molar-refractivity contribution in [1.82, 2.24) is 21.5 Å². The zero-order valence-electron chi connectivity index (χ0n) is 13.8. The Morgan fingerprint density at radius 2 is 2.00 bits per heavy atom. The number of alkyl halides is 3. The molecule has 1 aliphatic rings. The van der Waals surface area contributed by atoms with Crippen LogP contribution in [0.3, 0.4) is 0 Å². The quantitative estimate of drug-likeness (QED) is 0.366. The number of hydrogen-bond acceptors (Lipinski definition) is 4. The van der Waals surface area contributed by atoms with Crippen LogP contribution in [0.15, 0.2) is 23.2 Å². The molecule has 0 saturated carbocycles. The molecule has 1 heterocycles. The van der Waals surface area contributed by atoms with Crippen molar-refractivity contribution in [2.75, 3.05) is 6.54 Å². The summed E-state index contributed by atoms with van der Waals surface area (Å²) in [6, 6.07) is 2.63. The number of aliphatic imine (C=N–C) groups is 1. The average molecular weight is 379 g/mol. The molecule has 11 heteroatoms. The van der Waals surface area contributed by atoms with E-state index in [0.29, 0.717) is 12.5 Å². The minimum atomic E-state index is -4.39. The molecule has 1 aromatic rings. The molecule has 2 rings (SSSR count). The van der Waals surface area contributed by atoms with Gasteiger partial charge in [-0.15, -0.1) is 0 Å². The monoisotopic (exact) mass is 379 g/mol. The molecule has 1 aromatic carbocycles. The van der Waals surface area contributed by atoms with Crippen LogP contribution in [0.5, 0.6) is 0 Å². The van der Waals surface area contributed by atoms with E-state index in [0.717, 1.165) is 12.1 Å². The van der Waals surface area contributed by atoms with Crippen molar-refractivity contribution >= 4 is 11.9 Å². The topological polar surface area (TPSA) is 77.5 Å². The maximum atomic E-state index is 13.2. The van der Waals surface area contributed by atoms with Gasteiger partial charge in [-0.3, -0.25) is 20.5 Å². The number of hydrazine groups is 1. The van der Waals surface area contributed by atoms with E-state index >= 15 is 0 Å². The number of nitrogens with zero attached hydrogens (tertiary/aromatic N) is 1. The molecule has 1 amide bonds. The summed E-state index contributed by atoms with van der Waals surface area (Å²) in [7, 11) is 0. The second kappa shape index (κ2) is 8.41. The van der Waals surface area contributed by atoms with Gasteiger partial charge in [0.15, 0.2) is 17.6 Å². The highest BCUT2D eigenvalue weighted by atomic mass is 19.4. The highest BCUT2D eigenvalue weighted by Crippen LogP contribution is 2.19. The van der Waals surface area contributed by atoms with Crippen LogP contribution in [0.4, 0.5) is 22.0 Å². The van der Waals surface area contributed by atoms with Crippen molar-refractivity contribution < 1.29 is 26.7 Å². The first kappa shape index (κ1) is 20.0. The Labute approximate surface area is 146 Å². The first-order valence-electron chi connectivity index (χ1n) is 7.79. The molecule has 1 aliphatic heterocycles. The van der Waals surface area contributed by atoms with E-state index in [1.54, 1.807) is 0 Å². The number of nitrogens with one attached hydrogen (secondary N) is 4. The maximum absolute atomic E-state index is 13.2. The molecule has 26 heavy (non-hydrogen) atoms. The minimum absolute atomic E-state index is 0.103. The Morgan fingerprint density at radius 3 is 2.58 bits per heavy atom. The second-order valence-electron chi connectivity index (χ2n) is 5.80. The van der Waals surface area contributed by atoms with Crippen LogP contribution in [0.1, 0.15) is 30.1 Å². The largest absolute Gasteiger partial charge is 0.390 e. The standard InChI is InChI=1S/C15H18F5N5O/c1-8-6-12(25-24-8)22-14(21-5-4-15(18,19)20)23-13(26)9-2-3-10(16)11(17)7-9/h2-3,7-8,12,24-25H,4-6H2,1H3,(H2,21,22,23,26). The van der Waals surface area contributed by atoms with E-state index in [-0.39, 0.29) is 23.7 Å². The van der Waals surface area contributed by atoms with Crippen LogP contribution in [-0.4, -0.2) is 36.8 Å². The SMILES string of the molecule is CC1CC(NC(=NCCC(F)(F)F)NC(=O)c2ccc(F)c(F)c2)NN1. The zero-order chi connectivity index (χ0) is 19.3. The summed E-state index contributed by atoms with van der Waals surface area (Å²) in [5.74, 6) is -3.36. The van der Waals surface area contributed by atoms with E-state index in [4.69, 9.17) is 0 Å². The lowest BCUT2D eigenvalue weighted by atomic mass is 10.2. The normalized spacial score (nSPS) is 20.9. The van der Waals surface area contributed by atoms with Gasteiger partial charge in [0.2, 0.25) is 0 Å². The third-order valence-electron chi connectivity index (χ3n) is 3.48. The first-order chi connectivity index (χ1) is 12.1. The molecule has 0 aliphatic carbocycles. The Kier molecular flexibility index (Phi) is 6.48. The maximum Gasteiger partial charge on any atom is 0.390 e. The first-order valence-corrected chi connectivity index (χ1v) is 7.79. The second-order valence-corrected chi connectivity index (χ2v) is 5.80. The van der Waals surface area contributed by atoms with Gasteiger partial charge in [0.1, 0.15) is 0 Å². The van der Waals surface area contributed by atoms with E-state index in [1.165, 1.54) is 0 Å². The molecule has 144 valence electrons. The van der Waals surface area contributed by atoms with E-state index < -0.39 is 36.7 Å². The predicted octanol–water partition coefficient (Wildman–Crippen LogP) is 1.81. The number of amides is 1. The third kappa shape index (κ3) is 6.23. The molecule has 0 spiro atoms. The fourth-order valence-electron chi connectivity index (χ4n) is 2.21. The van der Waals surface area contributed by atoms with E-state index in [2.05, 4.69) is 26.5 Å². The summed E-state index contributed by atoms with van der Waals surface area (Å²) < 4.78 is 63.1. The summed E-state index contributed by atoms with van der Waals surface area (Å²) >= 11 is 0. The van der Waals surface area contributed by atoms with Crippen molar-refractivity contribution in [3.8, 4) is 0 Å². The fraction of sp³-hybridized carbons (Fsp3) is 0.467. The van der Waals surface area contributed by atoms with Crippen LogP contribution in [0, 0.1) is 11.6 Å². The number of halogens is 5. The van der Waals surface area contributed by atoms with Gasteiger partial charge in [0.05, 0.1) is 19.1 Å². The molecule has 6 nitrogen and oxygen atoms in total. The molecule has 0 radical (unpaired) electrons. The Bertz CT molecular complexity index is 679. The molecule has 2 atom stereocenters. The van der Waals surface area contributed by atoms with Crippen LogP contribution >= 0.6 is 0 Å². The number of benzene rings is 1. The molecule has 1 saturated heterocycles. The lowest BCUT2D eigenvalue weighted by Crippen LogP contribution is -2.50. The van der Waals surface area contributed by atoms with Gasteiger partial charge in [-0.25, -0.2) is 14.2 Å². The van der Waals surface area contributed by atoms with Gasteiger partial charge in [0.25, 0.3) is 5.91 Å². The number of guanidine groups is 1. The van der Waals surface area contributed by atoms with Crippen molar-refractivity contribution in [2.24, 2.45) is 4.99 Å². The molecule has 2 unspecified atom stereocenters. The van der Waals surface area contributed by atoms with Gasteiger partial charge < -0.3 is 5.32 Å². The van der Waals surface area contributed by atoms with Gasteiger partial charge >= 0.3 is 6.18 Å². The van der Waals surface area contributed by atoms with Crippen molar-refractivity contribution in [3.63, 3.8) is 0 Å². The van der Waals surface area contributed by atoms with E-state index in [9.17, 15) is 26.7 Å². The zero-order valence-corrected chi connectivity index (χ0v) is 13.8. The fourth-order valence-corrected chi connectivity index (χ4v) is 2.21. The molecule has 4 N–H and O–H groups in total. The summed E-state index contributed by atoms with van der Waals surface area (Å²) in [5, 5.41) is 5.05. The number of hydrogen-bond donors (Lipinski definition) is 4. The summed E-state index contributed by atoms with van der Waals surface area (Å²) in [6.45, 7) is 1.29. The van der Waals surface area contributed by atoms with Gasteiger partial charge in [-0.2, -0.15) is 13.2 Å². The Balaban J connectivity index is 2.07. The van der Waals surface area contributed by atoms with Crippen LogP contribution in [-0.2, 0) is 0 Å². The van der Waals surface area contributed by atoms with Crippen LogP contribution in [0.2, 0.25) is 0 Å². The lowest BCUT2D eigenvalue weighted by molar-refractivity contribution is -0.132. The Hall–Kier alpha value is -2.27. The van der Waals surface area contributed by atoms with Crippen molar-refractivity contribution in [3.05, 3.63) is 35.4 Å². The van der Waals surface area contributed by atoms with Crippen LogP contribution in [0.25, 0.3) is 0 Å². The third-order valence-corrected chi connectivity index (χ3v) is 3.48. The minimum Gasteiger partial charge on any atom is -0.339 e. The van der Waals surface area contributed by atoms with Gasteiger partial charge in [0, 0.05) is 11.6 Å². The molecule has 1 fully saturated rings. The predicted molar refractivity (Wildman–Crippen MR) is 84.1 cm³/mol. The molecular weight excluding hydrogens is 361 g/mol. The Morgan fingerprint density at radius 1 is 1.27 bits per heavy atom. The van der Waals surface area contributed by atoms with Gasteiger partial charge in [-0.05, 0) is 31.5 Å². The van der Waals surface area contributed by atoms with Crippen molar-refractivity contribution in [1.29, 1.82) is 0 Å². The van der Waals surface area contributed by atoms with E-state index in [1.807, 2.05) is 6.92 Å². The highest BCUT2D eigenvalue weighted by molar-refractivity contribution is 6.05. The summed E-state index contributed by atoms with van der Waals surface area (Å²) in [5.41, 5.74) is 5.56. The lowest BCUT2D eigenvalue weighted by Gasteiger charge is -2.17. The smallest absolute Gasteiger partial charge is 0.339 e. The number of carbonyl (C=O) groups excluding carboxylic acids is 1. The molecule has 0 aromatic heterocycles. The molecular formula is C15H18F5N5O. The highest BCUT2D eigenvalue weighted by Gasteiger charge is 2.27. The number of carbonyl (C=O) groups is 1. The van der Waals surface area contributed by atoms with Gasteiger partial charge in [-0.1, -0.05) is 0 Å². The number of rotatable bonds is 4. The average Bonchev–Trinajstić information content (AvgIpc) is 2.93. The molecule has 0 bridgehead atoms. The van der Waals surface area contributed by atoms with Crippen LogP contribution < -0.4 is 21.5 Å². The van der Waals surface area contributed by atoms with Crippen molar-refractivity contribution in [2.45, 2.75) is 38.1 Å². The summed E-state index contributed by atoms with van der Waals surface area (Å²) in [6.07, 6.45) is -5.34.